The van der Waals surface area contributed by atoms with E-state index in [0.29, 0.717) is 17.6 Å². The Morgan fingerprint density at radius 1 is 1.45 bits per heavy atom. The average Bonchev–Trinajstić information content (AvgIpc) is 3.21. The molecule has 1 atom stereocenters. The molecular formula is C16H22O4. The van der Waals surface area contributed by atoms with E-state index in [1.165, 1.54) is 7.11 Å². The van der Waals surface area contributed by atoms with Crippen molar-refractivity contribution >= 4 is 11.8 Å². The fraction of sp³-hybridized carbons (Fsp3) is 0.625. The lowest BCUT2D eigenvalue weighted by molar-refractivity contribution is -0.141. The van der Waals surface area contributed by atoms with Crippen LogP contribution in [0.5, 0.6) is 0 Å². The van der Waals surface area contributed by atoms with Crippen LogP contribution in [0.15, 0.2) is 22.8 Å². The molecule has 1 saturated carbocycles. The van der Waals surface area contributed by atoms with Crippen molar-refractivity contribution in [2.45, 2.75) is 52.1 Å². The maximum absolute atomic E-state index is 12.6. The van der Waals surface area contributed by atoms with Crippen molar-refractivity contribution in [2.24, 2.45) is 5.41 Å². The first-order valence-electron chi connectivity index (χ1n) is 7.11. The maximum atomic E-state index is 12.6. The van der Waals surface area contributed by atoms with Gasteiger partial charge in [-0.15, -0.1) is 0 Å². The second-order valence-electron chi connectivity index (χ2n) is 5.88. The van der Waals surface area contributed by atoms with Crippen LogP contribution in [0, 0.1) is 5.41 Å². The van der Waals surface area contributed by atoms with Crippen molar-refractivity contribution in [3.05, 3.63) is 22.8 Å². The Morgan fingerprint density at radius 2 is 2.05 bits per heavy atom. The summed E-state index contributed by atoms with van der Waals surface area (Å²) in [4.78, 5) is 24.7. The monoisotopic (exact) mass is 278 g/mol. The lowest BCUT2D eigenvalue weighted by Crippen LogP contribution is -2.50. The molecule has 0 aromatic heterocycles. The van der Waals surface area contributed by atoms with Crippen LogP contribution in [0.4, 0.5) is 0 Å². The minimum Gasteiger partial charge on any atom is -0.465 e. The van der Waals surface area contributed by atoms with Gasteiger partial charge in [0.05, 0.1) is 12.7 Å². The topological polar surface area (TPSA) is 63.6 Å². The molecule has 110 valence electrons. The Hall–Kier alpha value is -1.42. The fourth-order valence-corrected chi connectivity index (χ4v) is 3.23. The number of hydrogen-bond acceptors (Lipinski definition) is 4. The highest BCUT2D eigenvalue weighted by molar-refractivity contribution is 6.16. The molecule has 20 heavy (non-hydrogen) atoms. The SMILES string of the molecule is CCC/C=C1\C(=O)C(C)(O)C2(CC2)C(C)=C1C(=O)OC. The molecule has 0 bridgehead atoms. The molecule has 1 unspecified atom stereocenters. The molecule has 1 spiro atoms. The summed E-state index contributed by atoms with van der Waals surface area (Å²) in [6.07, 6.45) is 4.79. The third kappa shape index (κ3) is 1.85. The highest BCUT2D eigenvalue weighted by Gasteiger charge is 2.65. The summed E-state index contributed by atoms with van der Waals surface area (Å²) in [5.74, 6) is -0.838. The van der Waals surface area contributed by atoms with Crippen molar-refractivity contribution in [3.8, 4) is 0 Å². The summed E-state index contributed by atoms with van der Waals surface area (Å²) >= 11 is 0. The molecule has 1 N–H and O–H groups in total. The smallest absolute Gasteiger partial charge is 0.338 e. The van der Waals surface area contributed by atoms with Gasteiger partial charge < -0.3 is 9.84 Å². The molecule has 2 aliphatic carbocycles. The molecule has 0 aliphatic heterocycles. The van der Waals surface area contributed by atoms with Gasteiger partial charge in [0.2, 0.25) is 0 Å². The van der Waals surface area contributed by atoms with E-state index in [2.05, 4.69) is 0 Å². The summed E-state index contributed by atoms with van der Waals surface area (Å²) in [6, 6.07) is 0. The number of hydrogen-bond donors (Lipinski definition) is 1. The van der Waals surface area contributed by atoms with E-state index >= 15 is 0 Å². The maximum Gasteiger partial charge on any atom is 0.338 e. The summed E-state index contributed by atoms with van der Waals surface area (Å²) < 4.78 is 4.84. The van der Waals surface area contributed by atoms with Gasteiger partial charge in [0.1, 0.15) is 5.60 Å². The van der Waals surface area contributed by atoms with Gasteiger partial charge in [-0.1, -0.05) is 19.4 Å². The number of allylic oxidation sites excluding steroid dienone is 1. The normalized spacial score (nSPS) is 30.1. The second-order valence-corrected chi connectivity index (χ2v) is 5.88. The first-order valence-corrected chi connectivity index (χ1v) is 7.11. The van der Waals surface area contributed by atoms with Crippen molar-refractivity contribution in [1.82, 2.24) is 0 Å². The van der Waals surface area contributed by atoms with Crippen molar-refractivity contribution in [3.63, 3.8) is 0 Å². The highest BCUT2D eigenvalue weighted by atomic mass is 16.5. The van der Waals surface area contributed by atoms with Crippen molar-refractivity contribution < 1.29 is 19.4 Å². The van der Waals surface area contributed by atoms with Crippen LogP contribution < -0.4 is 0 Å². The number of ether oxygens (including phenoxy) is 1. The molecule has 4 heteroatoms. The van der Waals surface area contributed by atoms with Crippen molar-refractivity contribution in [2.75, 3.05) is 7.11 Å². The number of rotatable bonds is 3. The second kappa shape index (κ2) is 4.85. The molecule has 0 saturated heterocycles. The number of esters is 1. The van der Waals surface area contributed by atoms with E-state index in [1.54, 1.807) is 13.0 Å². The number of ketones is 1. The summed E-state index contributed by atoms with van der Waals surface area (Å²) in [7, 11) is 1.32. The quantitative estimate of drug-likeness (QED) is 0.635. The minimum absolute atomic E-state index is 0.318. The fourth-order valence-electron chi connectivity index (χ4n) is 3.23. The number of aliphatic hydroxyl groups is 1. The first-order chi connectivity index (χ1) is 9.33. The number of methoxy groups -OCH3 is 1. The third-order valence-electron chi connectivity index (χ3n) is 4.76. The van der Waals surface area contributed by atoms with E-state index in [0.717, 1.165) is 24.8 Å². The standard InChI is InChI=1S/C16H22O4/c1-5-6-7-11-12(14(18)20-4)10(2)16(8-9-16)15(3,19)13(11)17/h7,19H,5-6,8-9H2,1-4H3/b11-7-. The Bertz CT molecular complexity index is 519. The van der Waals surface area contributed by atoms with E-state index in [4.69, 9.17) is 4.74 Å². The zero-order valence-corrected chi connectivity index (χ0v) is 12.6. The lowest BCUT2D eigenvalue weighted by Gasteiger charge is -2.39. The summed E-state index contributed by atoms with van der Waals surface area (Å²) in [6.45, 7) is 5.40. The zero-order valence-electron chi connectivity index (χ0n) is 12.6. The highest BCUT2D eigenvalue weighted by Crippen LogP contribution is 2.63. The van der Waals surface area contributed by atoms with E-state index in [-0.39, 0.29) is 5.78 Å². The predicted molar refractivity (Wildman–Crippen MR) is 75.0 cm³/mol. The van der Waals surface area contributed by atoms with Gasteiger partial charge in [-0.2, -0.15) is 0 Å². The Morgan fingerprint density at radius 3 is 2.50 bits per heavy atom. The number of carbonyl (C=O) groups is 2. The zero-order chi connectivity index (χ0) is 15.1. The number of carbonyl (C=O) groups excluding carboxylic acids is 2. The number of unbranched alkanes of at least 4 members (excludes halogenated alkanes) is 1. The molecule has 0 amide bonds. The van der Waals surface area contributed by atoms with Gasteiger partial charge in [-0.05, 0) is 38.7 Å². The van der Waals surface area contributed by atoms with Gasteiger partial charge >= 0.3 is 5.97 Å². The van der Waals surface area contributed by atoms with Gasteiger partial charge in [0.15, 0.2) is 5.78 Å². The number of Topliss-reactive ketones (excluding diaryl/α,β-unsaturated/α-hetero) is 1. The predicted octanol–water partition coefficient (Wildman–Crippen LogP) is 2.32. The van der Waals surface area contributed by atoms with Crippen LogP contribution in [-0.2, 0) is 14.3 Å². The van der Waals surface area contributed by atoms with E-state index < -0.39 is 17.0 Å². The molecule has 0 radical (unpaired) electrons. The van der Waals surface area contributed by atoms with Crippen LogP contribution in [-0.4, -0.2) is 29.6 Å². The van der Waals surface area contributed by atoms with Gasteiger partial charge in [0, 0.05) is 11.0 Å². The third-order valence-corrected chi connectivity index (χ3v) is 4.76. The molecule has 0 heterocycles. The van der Waals surface area contributed by atoms with Gasteiger partial charge in [0.25, 0.3) is 0 Å². The van der Waals surface area contributed by atoms with Gasteiger partial charge in [-0.25, -0.2) is 4.79 Å². The van der Waals surface area contributed by atoms with Crippen LogP contribution in [0.25, 0.3) is 0 Å². The Labute approximate surface area is 119 Å². The first kappa shape index (κ1) is 15.0. The Kier molecular flexibility index (Phi) is 3.63. The van der Waals surface area contributed by atoms with Crippen LogP contribution >= 0.6 is 0 Å². The average molecular weight is 278 g/mol. The van der Waals surface area contributed by atoms with Crippen LogP contribution in [0.3, 0.4) is 0 Å². The molecule has 1 fully saturated rings. The minimum atomic E-state index is -1.42. The largest absolute Gasteiger partial charge is 0.465 e. The molecule has 4 nitrogen and oxygen atoms in total. The van der Waals surface area contributed by atoms with Crippen LogP contribution in [0.2, 0.25) is 0 Å². The Balaban J connectivity index is 2.63. The van der Waals surface area contributed by atoms with Gasteiger partial charge in [-0.3, -0.25) is 4.79 Å². The van der Waals surface area contributed by atoms with Crippen molar-refractivity contribution in [1.29, 1.82) is 0 Å². The molecule has 0 aromatic carbocycles. The molecular weight excluding hydrogens is 256 g/mol. The van der Waals surface area contributed by atoms with E-state index in [9.17, 15) is 14.7 Å². The summed E-state index contributed by atoms with van der Waals surface area (Å²) in [5.41, 5.74) is -0.532. The molecule has 2 rings (SSSR count). The lowest BCUT2D eigenvalue weighted by atomic mass is 9.67. The van der Waals surface area contributed by atoms with E-state index in [1.807, 2.05) is 13.8 Å². The summed E-state index contributed by atoms with van der Waals surface area (Å²) in [5, 5.41) is 10.7. The van der Waals surface area contributed by atoms with Crippen LogP contribution in [0.1, 0.15) is 46.5 Å². The molecule has 0 aromatic rings. The molecule has 2 aliphatic rings.